The minimum atomic E-state index is 0.0645. The van der Waals surface area contributed by atoms with Crippen LogP contribution >= 0.6 is 0 Å². The van der Waals surface area contributed by atoms with Crippen LogP contribution in [0.4, 0.5) is 5.82 Å². The lowest BCUT2D eigenvalue weighted by Crippen LogP contribution is -2.31. The van der Waals surface area contributed by atoms with E-state index in [-0.39, 0.29) is 5.41 Å². The van der Waals surface area contributed by atoms with Crippen LogP contribution in [0.2, 0.25) is 0 Å². The van der Waals surface area contributed by atoms with E-state index in [2.05, 4.69) is 63.2 Å². The fourth-order valence-corrected chi connectivity index (χ4v) is 4.29. The standard InChI is InChI=1S/C20H30N6/c1-20(2,3)17-9-19(23-14-22-17)26-12-15-10-25(11-16(15)13-26)7-5-18-21-6-8-24(18)4/h6,8-9,14-16H,5,7,10-13H2,1-4H3. The Morgan fingerprint density at radius 1 is 1.04 bits per heavy atom. The van der Waals surface area contributed by atoms with Gasteiger partial charge in [-0.2, -0.15) is 0 Å². The van der Waals surface area contributed by atoms with E-state index < -0.39 is 0 Å². The van der Waals surface area contributed by atoms with Crippen LogP contribution in [0, 0.1) is 11.8 Å². The van der Waals surface area contributed by atoms with Crippen molar-refractivity contribution in [2.45, 2.75) is 32.6 Å². The third-order valence-electron chi connectivity index (χ3n) is 5.88. The third kappa shape index (κ3) is 3.47. The molecule has 0 N–H and O–H groups in total. The molecule has 26 heavy (non-hydrogen) atoms. The number of aryl methyl sites for hydroxylation is 1. The van der Waals surface area contributed by atoms with Crippen LogP contribution in [0.1, 0.15) is 32.3 Å². The predicted molar refractivity (Wildman–Crippen MR) is 103 cm³/mol. The second-order valence-corrected chi connectivity index (χ2v) is 8.90. The zero-order chi connectivity index (χ0) is 18.3. The maximum absolute atomic E-state index is 4.55. The average Bonchev–Trinajstić information content (AvgIpc) is 3.26. The van der Waals surface area contributed by atoms with E-state index in [0.29, 0.717) is 0 Å². The molecule has 2 aromatic rings. The molecule has 0 aromatic carbocycles. The first-order valence-corrected chi connectivity index (χ1v) is 9.66. The molecule has 2 atom stereocenters. The zero-order valence-electron chi connectivity index (χ0n) is 16.4. The molecule has 140 valence electrons. The average molecular weight is 355 g/mol. The number of fused-ring (bicyclic) bond motifs is 1. The minimum absolute atomic E-state index is 0.0645. The molecule has 2 fully saturated rings. The molecular formula is C20H30N6. The first-order chi connectivity index (χ1) is 12.4. The van der Waals surface area contributed by atoms with Gasteiger partial charge in [-0.15, -0.1) is 0 Å². The molecule has 2 aromatic heterocycles. The van der Waals surface area contributed by atoms with Crippen LogP contribution in [0.25, 0.3) is 0 Å². The molecule has 4 heterocycles. The largest absolute Gasteiger partial charge is 0.356 e. The van der Waals surface area contributed by atoms with Crippen molar-refractivity contribution in [1.82, 2.24) is 24.4 Å². The highest BCUT2D eigenvalue weighted by Crippen LogP contribution is 2.34. The molecule has 0 radical (unpaired) electrons. The molecule has 0 bridgehead atoms. The van der Waals surface area contributed by atoms with Gasteiger partial charge in [0.1, 0.15) is 18.0 Å². The summed E-state index contributed by atoms with van der Waals surface area (Å²) in [5, 5.41) is 0. The molecule has 6 nitrogen and oxygen atoms in total. The van der Waals surface area contributed by atoms with Gasteiger partial charge in [0.05, 0.1) is 5.69 Å². The normalized spacial score (nSPS) is 23.6. The Hall–Kier alpha value is -1.95. The SMILES string of the molecule is Cn1ccnc1CCN1CC2CN(c3cc(C(C)(C)C)ncn3)CC2C1. The van der Waals surface area contributed by atoms with Crippen molar-refractivity contribution in [2.24, 2.45) is 18.9 Å². The van der Waals surface area contributed by atoms with Gasteiger partial charge in [0.15, 0.2) is 0 Å². The molecule has 6 heteroatoms. The molecule has 2 unspecified atom stereocenters. The monoisotopic (exact) mass is 354 g/mol. The Morgan fingerprint density at radius 3 is 2.38 bits per heavy atom. The molecule has 2 aliphatic heterocycles. The van der Waals surface area contributed by atoms with Gasteiger partial charge in [0.2, 0.25) is 0 Å². The topological polar surface area (TPSA) is 50.1 Å². The van der Waals surface area contributed by atoms with Gasteiger partial charge in [0.25, 0.3) is 0 Å². The third-order valence-corrected chi connectivity index (χ3v) is 5.88. The summed E-state index contributed by atoms with van der Waals surface area (Å²) in [7, 11) is 2.08. The van der Waals surface area contributed by atoms with Crippen molar-refractivity contribution >= 4 is 5.82 Å². The molecule has 0 saturated carbocycles. The van der Waals surface area contributed by atoms with Gasteiger partial charge < -0.3 is 14.4 Å². The molecular weight excluding hydrogens is 324 g/mol. The van der Waals surface area contributed by atoms with Crippen LogP contribution in [0.5, 0.6) is 0 Å². The summed E-state index contributed by atoms with van der Waals surface area (Å²) in [4.78, 5) is 18.5. The lowest BCUT2D eigenvalue weighted by Gasteiger charge is -2.24. The Labute approximate surface area is 156 Å². The van der Waals surface area contributed by atoms with Crippen molar-refractivity contribution in [2.75, 3.05) is 37.6 Å². The quantitative estimate of drug-likeness (QED) is 0.842. The van der Waals surface area contributed by atoms with E-state index in [9.17, 15) is 0 Å². The van der Waals surface area contributed by atoms with Crippen LogP contribution in [-0.2, 0) is 18.9 Å². The Bertz CT molecular complexity index is 748. The Kier molecular flexibility index (Phi) is 4.47. The number of anilines is 1. The Morgan fingerprint density at radius 2 is 1.77 bits per heavy atom. The van der Waals surface area contributed by atoms with E-state index in [1.165, 1.54) is 18.9 Å². The second-order valence-electron chi connectivity index (χ2n) is 8.90. The number of nitrogens with zero attached hydrogens (tertiary/aromatic N) is 6. The summed E-state index contributed by atoms with van der Waals surface area (Å²) >= 11 is 0. The van der Waals surface area contributed by atoms with Crippen LogP contribution in [0.15, 0.2) is 24.8 Å². The van der Waals surface area contributed by atoms with Crippen molar-refractivity contribution in [3.05, 3.63) is 36.3 Å². The predicted octanol–water partition coefficient (Wildman–Crippen LogP) is 2.12. The summed E-state index contributed by atoms with van der Waals surface area (Å²) in [5.41, 5.74) is 1.19. The maximum Gasteiger partial charge on any atom is 0.132 e. The highest BCUT2D eigenvalue weighted by Gasteiger charge is 2.40. The van der Waals surface area contributed by atoms with Crippen molar-refractivity contribution in [3.8, 4) is 0 Å². The van der Waals surface area contributed by atoms with Gasteiger partial charge in [0, 0.05) is 70.1 Å². The molecule has 4 rings (SSSR count). The zero-order valence-corrected chi connectivity index (χ0v) is 16.4. The van der Waals surface area contributed by atoms with Crippen LogP contribution in [0.3, 0.4) is 0 Å². The van der Waals surface area contributed by atoms with Gasteiger partial charge in [-0.3, -0.25) is 0 Å². The summed E-state index contributed by atoms with van der Waals surface area (Å²) in [6.07, 6.45) is 6.68. The first-order valence-electron chi connectivity index (χ1n) is 9.66. The van der Waals surface area contributed by atoms with E-state index >= 15 is 0 Å². The molecule has 0 spiro atoms. The van der Waals surface area contributed by atoms with Crippen molar-refractivity contribution < 1.29 is 0 Å². The fourth-order valence-electron chi connectivity index (χ4n) is 4.29. The van der Waals surface area contributed by atoms with Gasteiger partial charge in [-0.25, -0.2) is 15.0 Å². The molecule has 2 saturated heterocycles. The van der Waals surface area contributed by atoms with Gasteiger partial charge >= 0.3 is 0 Å². The number of hydrogen-bond acceptors (Lipinski definition) is 5. The lowest BCUT2D eigenvalue weighted by molar-refractivity contribution is 0.317. The number of aromatic nitrogens is 4. The maximum atomic E-state index is 4.55. The minimum Gasteiger partial charge on any atom is -0.356 e. The van der Waals surface area contributed by atoms with Gasteiger partial charge in [-0.1, -0.05) is 20.8 Å². The smallest absolute Gasteiger partial charge is 0.132 e. The van der Waals surface area contributed by atoms with Crippen molar-refractivity contribution in [3.63, 3.8) is 0 Å². The van der Waals surface area contributed by atoms with E-state index in [4.69, 9.17) is 0 Å². The molecule has 0 amide bonds. The summed E-state index contributed by atoms with van der Waals surface area (Å²) in [6, 6.07) is 2.18. The second kappa shape index (κ2) is 6.65. The molecule has 0 aliphatic carbocycles. The van der Waals surface area contributed by atoms with Crippen molar-refractivity contribution in [1.29, 1.82) is 0 Å². The highest BCUT2D eigenvalue weighted by molar-refractivity contribution is 5.42. The number of likely N-dealkylation sites (tertiary alicyclic amines) is 1. The molecule has 2 aliphatic rings. The first kappa shape index (κ1) is 17.5. The van der Waals surface area contributed by atoms with Gasteiger partial charge in [-0.05, 0) is 11.8 Å². The summed E-state index contributed by atoms with van der Waals surface area (Å²) in [5.74, 6) is 3.78. The number of rotatable bonds is 4. The summed E-state index contributed by atoms with van der Waals surface area (Å²) < 4.78 is 2.13. The van der Waals surface area contributed by atoms with E-state index in [0.717, 1.165) is 49.4 Å². The van der Waals surface area contributed by atoms with Crippen LogP contribution in [-0.4, -0.2) is 57.1 Å². The lowest BCUT2D eigenvalue weighted by atomic mass is 9.92. The summed E-state index contributed by atoms with van der Waals surface area (Å²) in [6.45, 7) is 12.4. The highest BCUT2D eigenvalue weighted by atomic mass is 15.3. The van der Waals surface area contributed by atoms with Crippen LogP contribution < -0.4 is 4.90 Å². The van der Waals surface area contributed by atoms with E-state index in [1.807, 2.05) is 12.4 Å². The fraction of sp³-hybridized carbons (Fsp3) is 0.650. The Balaban J connectivity index is 1.34. The van der Waals surface area contributed by atoms with E-state index in [1.54, 1.807) is 6.33 Å². The number of hydrogen-bond donors (Lipinski definition) is 0. The number of imidazole rings is 1.